The van der Waals surface area contributed by atoms with E-state index >= 15 is 0 Å². The molecular formula is C20H12BrFN2O2. The maximum absolute atomic E-state index is 14.3. The topological polar surface area (TPSA) is 55.1 Å². The Hall–Kier alpha value is -2.99. The number of carbonyl (C=O) groups is 1. The maximum Gasteiger partial charge on any atom is 0.335 e. The largest absolute Gasteiger partial charge is 0.478 e. The molecule has 4 rings (SSSR count). The Morgan fingerprint density at radius 2 is 1.85 bits per heavy atom. The fourth-order valence-electron chi connectivity index (χ4n) is 2.89. The number of hydrogen-bond donors (Lipinski definition) is 1. The summed E-state index contributed by atoms with van der Waals surface area (Å²) in [6, 6.07) is 17.3. The third kappa shape index (κ3) is 2.88. The predicted molar refractivity (Wildman–Crippen MR) is 101 cm³/mol. The summed E-state index contributed by atoms with van der Waals surface area (Å²) in [6.45, 7) is 0. The molecule has 1 heterocycles. The van der Waals surface area contributed by atoms with Crippen LogP contribution in [0.5, 0.6) is 0 Å². The van der Waals surface area contributed by atoms with E-state index in [0.29, 0.717) is 15.7 Å². The van der Waals surface area contributed by atoms with Gasteiger partial charge in [0.2, 0.25) is 0 Å². The van der Waals surface area contributed by atoms with Gasteiger partial charge in [0.15, 0.2) is 0 Å². The minimum absolute atomic E-state index is 0.137. The van der Waals surface area contributed by atoms with Gasteiger partial charge in [0.1, 0.15) is 11.5 Å². The molecular weight excluding hydrogens is 399 g/mol. The van der Waals surface area contributed by atoms with Crippen LogP contribution in [0, 0.1) is 5.82 Å². The lowest BCUT2D eigenvalue weighted by molar-refractivity contribution is 0.0697. The van der Waals surface area contributed by atoms with Gasteiger partial charge >= 0.3 is 5.97 Å². The lowest BCUT2D eigenvalue weighted by atomic mass is 9.99. The molecule has 0 saturated heterocycles. The summed E-state index contributed by atoms with van der Waals surface area (Å²) in [5, 5.41) is 14.6. The van der Waals surface area contributed by atoms with Crippen molar-refractivity contribution in [1.82, 2.24) is 9.78 Å². The predicted octanol–water partition coefficient (Wildman–Crippen LogP) is 5.29. The molecule has 0 atom stereocenters. The van der Waals surface area contributed by atoms with Crippen LogP contribution in [-0.4, -0.2) is 20.9 Å². The zero-order valence-electron chi connectivity index (χ0n) is 13.4. The monoisotopic (exact) mass is 410 g/mol. The molecule has 0 unspecified atom stereocenters. The SMILES string of the molecule is O=C(O)c1cc(-c2ccccc2)c2cn(-c3ccc(Br)cc3F)nc2c1. The van der Waals surface area contributed by atoms with E-state index < -0.39 is 11.8 Å². The molecule has 3 aromatic carbocycles. The molecule has 0 bridgehead atoms. The second-order valence-corrected chi connectivity index (χ2v) is 6.71. The number of rotatable bonds is 3. The molecule has 0 saturated carbocycles. The van der Waals surface area contributed by atoms with Gasteiger partial charge in [0.25, 0.3) is 0 Å². The Balaban J connectivity index is 1.99. The van der Waals surface area contributed by atoms with E-state index in [0.717, 1.165) is 16.5 Å². The van der Waals surface area contributed by atoms with E-state index in [9.17, 15) is 14.3 Å². The van der Waals surface area contributed by atoms with E-state index in [2.05, 4.69) is 21.0 Å². The molecule has 0 aliphatic rings. The zero-order chi connectivity index (χ0) is 18.3. The highest BCUT2D eigenvalue weighted by Gasteiger charge is 2.15. The lowest BCUT2D eigenvalue weighted by Crippen LogP contribution is -1.98. The fraction of sp³-hybridized carbons (Fsp3) is 0. The first-order chi connectivity index (χ1) is 12.5. The van der Waals surface area contributed by atoms with Crippen molar-refractivity contribution in [3.05, 3.63) is 82.7 Å². The van der Waals surface area contributed by atoms with Gasteiger partial charge in [0, 0.05) is 16.1 Å². The van der Waals surface area contributed by atoms with Crippen molar-refractivity contribution >= 4 is 32.8 Å². The maximum atomic E-state index is 14.3. The molecule has 0 spiro atoms. The van der Waals surface area contributed by atoms with Gasteiger partial charge in [-0.2, -0.15) is 5.10 Å². The summed E-state index contributed by atoms with van der Waals surface area (Å²) in [6.07, 6.45) is 1.72. The first-order valence-electron chi connectivity index (χ1n) is 7.80. The highest BCUT2D eigenvalue weighted by atomic mass is 79.9. The van der Waals surface area contributed by atoms with E-state index in [1.165, 1.54) is 16.8 Å². The highest BCUT2D eigenvalue weighted by molar-refractivity contribution is 9.10. The summed E-state index contributed by atoms with van der Waals surface area (Å²) >= 11 is 3.24. The van der Waals surface area contributed by atoms with Crippen LogP contribution in [0.1, 0.15) is 10.4 Å². The summed E-state index contributed by atoms with van der Waals surface area (Å²) in [5.74, 6) is -1.46. The van der Waals surface area contributed by atoms with Gasteiger partial charge in [-0.1, -0.05) is 46.3 Å². The van der Waals surface area contributed by atoms with Crippen LogP contribution < -0.4 is 0 Å². The molecule has 6 heteroatoms. The molecule has 1 aromatic heterocycles. The van der Waals surface area contributed by atoms with Crippen molar-refractivity contribution in [2.45, 2.75) is 0 Å². The van der Waals surface area contributed by atoms with E-state index in [-0.39, 0.29) is 5.56 Å². The normalized spacial score (nSPS) is 11.0. The summed E-state index contributed by atoms with van der Waals surface area (Å²) in [5.41, 5.74) is 2.53. The van der Waals surface area contributed by atoms with E-state index in [4.69, 9.17) is 0 Å². The minimum atomic E-state index is -1.03. The fourth-order valence-corrected chi connectivity index (χ4v) is 3.23. The average Bonchev–Trinajstić information content (AvgIpc) is 3.05. The molecule has 1 N–H and O–H groups in total. The van der Waals surface area contributed by atoms with E-state index in [1.54, 1.807) is 24.4 Å². The zero-order valence-corrected chi connectivity index (χ0v) is 14.9. The van der Waals surface area contributed by atoms with E-state index in [1.807, 2.05) is 30.3 Å². The van der Waals surface area contributed by atoms with Crippen molar-refractivity contribution < 1.29 is 14.3 Å². The Morgan fingerprint density at radius 1 is 1.08 bits per heavy atom. The smallest absolute Gasteiger partial charge is 0.335 e. The van der Waals surface area contributed by atoms with Gasteiger partial charge in [-0.15, -0.1) is 0 Å². The first kappa shape index (κ1) is 16.5. The Morgan fingerprint density at radius 3 is 2.54 bits per heavy atom. The number of nitrogens with zero attached hydrogens (tertiary/aromatic N) is 2. The first-order valence-corrected chi connectivity index (χ1v) is 8.60. The van der Waals surface area contributed by atoms with Crippen LogP contribution in [0.15, 0.2) is 71.3 Å². The number of carboxylic acids is 1. The molecule has 128 valence electrons. The molecule has 4 aromatic rings. The second kappa shape index (κ2) is 6.38. The average molecular weight is 411 g/mol. The molecule has 0 amide bonds. The van der Waals surface area contributed by atoms with Crippen molar-refractivity contribution in [2.24, 2.45) is 0 Å². The third-order valence-corrected chi connectivity index (χ3v) is 4.61. The number of carboxylic acid groups (broad SMARTS) is 1. The van der Waals surface area contributed by atoms with Gasteiger partial charge in [-0.05, 0) is 41.5 Å². The van der Waals surface area contributed by atoms with Gasteiger partial charge in [-0.25, -0.2) is 13.9 Å². The second-order valence-electron chi connectivity index (χ2n) is 5.80. The number of fused-ring (bicyclic) bond motifs is 1. The molecule has 0 aliphatic heterocycles. The number of aromatic carboxylic acids is 1. The number of aromatic nitrogens is 2. The van der Waals surface area contributed by atoms with Crippen LogP contribution >= 0.6 is 15.9 Å². The summed E-state index contributed by atoms with van der Waals surface area (Å²) < 4.78 is 16.4. The Kier molecular flexibility index (Phi) is 4.05. The van der Waals surface area contributed by atoms with Gasteiger partial charge in [-0.3, -0.25) is 0 Å². The third-order valence-electron chi connectivity index (χ3n) is 4.11. The summed E-state index contributed by atoms with van der Waals surface area (Å²) in [4.78, 5) is 11.5. The van der Waals surface area contributed by atoms with Crippen LogP contribution in [0.4, 0.5) is 4.39 Å². The number of benzene rings is 3. The number of halogens is 2. The quantitative estimate of drug-likeness (QED) is 0.498. The standard InChI is InChI=1S/C20H12BrFN2O2/c21-14-6-7-19(17(22)10-14)24-11-16-15(12-4-2-1-3-5-12)8-13(20(25)26)9-18(16)23-24/h1-11H,(H,25,26). The van der Waals surface area contributed by atoms with Crippen molar-refractivity contribution in [3.63, 3.8) is 0 Å². The lowest BCUT2D eigenvalue weighted by Gasteiger charge is -2.05. The molecule has 4 nitrogen and oxygen atoms in total. The van der Waals surface area contributed by atoms with Crippen molar-refractivity contribution in [2.75, 3.05) is 0 Å². The summed E-state index contributed by atoms with van der Waals surface area (Å²) in [7, 11) is 0. The van der Waals surface area contributed by atoms with Crippen LogP contribution in [-0.2, 0) is 0 Å². The van der Waals surface area contributed by atoms with Gasteiger partial charge < -0.3 is 5.11 Å². The Labute approximate surface area is 156 Å². The van der Waals surface area contributed by atoms with Crippen molar-refractivity contribution in [3.8, 4) is 16.8 Å². The van der Waals surface area contributed by atoms with Crippen LogP contribution in [0.2, 0.25) is 0 Å². The van der Waals surface area contributed by atoms with Crippen LogP contribution in [0.3, 0.4) is 0 Å². The van der Waals surface area contributed by atoms with Crippen LogP contribution in [0.25, 0.3) is 27.7 Å². The highest BCUT2D eigenvalue weighted by Crippen LogP contribution is 2.31. The molecule has 0 radical (unpaired) electrons. The molecule has 0 aliphatic carbocycles. The minimum Gasteiger partial charge on any atom is -0.478 e. The molecule has 0 fully saturated rings. The van der Waals surface area contributed by atoms with Gasteiger partial charge in [0.05, 0.1) is 11.1 Å². The van der Waals surface area contributed by atoms with Crippen molar-refractivity contribution in [1.29, 1.82) is 0 Å². The number of hydrogen-bond acceptors (Lipinski definition) is 2. The molecule has 26 heavy (non-hydrogen) atoms. The Bertz CT molecular complexity index is 1140.